The molecule has 0 aliphatic heterocycles. The Balaban J connectivity index is 2.13. The van der Waals surface area contributed by atoms with Crippen LogP contribution in [0.5, 0.6) is 0 Å². The van der Waals surface area contributed by atoms with Gasteiger partial charge in [-0.1, -0.05) is 11.6 Å². The zero-order valence-electron chi connectivity index (χ0n) is 11.4. The molecule has 104 valence electrons. The summed E-state index contributed by atoms with van der Waals surface area (Å²) < 4.78 is 5.15. The molecule has 1 amide bonds. The maximum absolute atomic E-state index is 11.7. The van der Waals surface area contributed by atoms with Crippen LogP contribution in [0.3, 0.4) is 0 Å². The number of nitrogens with zero attached hydrogens (tertiary/aromatic N) is 2. The molecule has 0 saturated heterocycles. The number of rotatable bonds is 1. The molecule has 0 fully saturated rings. The molecule has 1 aliphatic rings. The first kappa shape index (κ1) is 14.1. The van der Waals surface area contributed by atoms with Crippen molar-refractivity contribution in [1.82, 2.24) is 9.97 Å². The molecule has 1 heterocycles. The van der Waals surface area contributed by atoms with Gasteiger partial charge in [-0.25, -0.2) is 14.8 Å². The summed E-state index contributed by atoms with van der Waals surface area (Å²) in [6, 6.07) is 0. The van der Waals surface area contributed by atoms with E-state index in [9.17, 15) is 4.79 Å². The Bertz CT molecular complexity index is 497. The fourth-order valence-corrected chi connectivity index (χ4v) is 2.28. The minimum Gasteiger partial charge on any atom is -0.444 e. The Labute approximate surface area is 117 Å². The SMILES string of the molecule is CC(C)(C)OC(=O)Nc1nc(Cl)c2c(n1)CCCC2. The van der Waals surface area contributed by atoms with E-state index < -0.39 is 11.7 Å². The second kappa shape index (κ2) is 5.33. The quantitative estimate of drug-likeness (QED) is 0.803. The molecule has 19 heavy (non-hydrogen) atoms. The molecule has 1 aromatic heterocycles. The zero-order chi connectivity index (χ0) is 14.0. The first-order valence-corrected chi connectivity index (χ1v) is 6.78. The molecule has 6 heteroatoms. The number of hydrogen-bond acceptors (Lipinski definition) is 4. The molecule has 0 atom stereocenters. The van der Waals surface area contributed by atoms with Crippen molar-refractivity contribution in [2.24, 2.45) is 0 Å². The molecule has 1 aromatic rings. The Hall–Kier alpha value is -1.36. The standard InChI is InChI=1S/C13H18ClN3O2/c1-13(2,3)19-12(18)17-11-15-9-7-5-4-6-8(9)10(14)16-11/h4-7H2,1-3H3,(H,15,16,17,18). The van der Waals surface area contributed by atoms with Crippen molar-refractivity contribution in [3.8, 4) is 0 Å². The number of aromatic nitrogens is 2. The number of halogens is 1. The van der Waals surface area contributed by atoms with E-state index in [0.717, 1.165) is 36.9 Å². The van der Waals surface area contributed by atoms with Crippen LogP contribution in [0.1, 0.15) is 44.9 Å². The van der Waals surface area contributed by atoms with Gasteiger partial charge in [0, 0.05) is 5.56 Å². The van der Waals surface area contributed by atoms with E-state index >= 15 is 0 Å². The molecule has 0 bridgehead atoms. The van der Waals surface area contributed by atoms with E-state index in [1.54, 1.807) is 20.8 Å². The summed E-state index contributed by atoms with van der Waals surface area (Å²) in [5.74, 6) is 0.208. The predicted molar refractivity (Wildman–Crippen MR) is 73.5 cm³/mol. The van der Waals surface area contributed by atoms with Gasteiger partial charge in [0.1, 0.15) is 10.8 Å². The Kier molecular flexibility index (Phi) is 3.94. The average Bonchev–Trinajstić information content (AvgIpc) is 2.26. The van der Waals surface area contributed by atoms with Crippen LogP contribution >= 0.6 is 11.6 Å². The van der Waals surface area contributed by atoms with Crippen LogP contribution in [0.15, 0.2) is 0 Å². The van der Waals surface area contributed by atoms with Gasteiger partial charge < -0.3 is 4.74 Å². The lowest BCUT2D eigenvalue weighted by molar-refractivity contribution is 0.0634. The van der Waals surface area contributed by atoms with Crippen molar-refractivity contribution in [2.45, 2.75) is 52.1 Å². The van der Waals surface area contributed by atoms with Crippen LogP contribution in [0.25, 0.3) is 0 Å². The van der Waals surface area contributed by atoms with Crippen LogP contribution in [0.2, 0.25) is 5.15 Å². The second-order valence-electron chi connectivity index (χ2n) is 5.60. The van der Waals surface area contributed by atoms with Gasteiger partial charge in [0.2, 0.25) is 5.95 Å². The lowest BCUT2D eigenvalue weighted by atomic mass is 9.97. The van der Waals surface area contributed by atoms with Gasteiger partial charge >= 0.3 is 6.09 Å². The molecule has 5 nitrogen and oxygen atoms in total. The Morgan fingerprint density at radius 1 is 1.26 bits per heavy atom. The maximum Gasteiger partial charge on any atom is 0.414 e. The summed E-state index contributed by atoms with van der Waals surface area (Å²) in [5, 5.41) is 2.95. The fourth-order valence-electron chi connectivity index (χ4n) is 2.00. The average molecular weight is 284 g/mol. The fraction of sp³-hybridized carbons (Fsp3) is 0.615. The highest BCUT2D eigenvalue weighted by Gasteiger charge is 2.20. The lowest BCUT2D eigenvalue weighted by Gasteiger charge is -2.20. The third-order valence-corrected chi connectivity index (χ3v) is 3.06. The topological polar surface area (TPSA) is 64.1 Å². The number of hydrogen-bond donors (Lipinski definition) is 1. The molecule has 0 spiro atoms. The number of anilines is 1. The molecule has 2 rings (SSSR count). The van der Waals surface area contributed by atoms with Gasteiger partial charge in [-0.15, -0.1) is 0 Å². The summed E-state index contributed by atoms with van der Waals surface area (Å²) in [4.78, 5) is 20.1. The van der Waals surface area contributed by atoms with E-state index in [1.165, 1.54) is 0 Å². The molecule has 0 saturated carbocycles. The third kappa shape index (κ3) is 3.80. The highest BCUT2D eigenvalue weighted by atomic mass is 35.5. The number of carbonyl (C=O) groups is 1. The van der Waals surface area contributed by atoms with Gasteiger partial charge in [0.05, 0.1) is 5.69 Å². The van der Waals surface area contributed by atoms with Crippen LogP contribution in [-0.2, 0) is 17.6 Å². The van der Waals surface area contributed by atoms with Gasteiger partial charge in [-0.05, 0) is 46.5 Å². The monoisotopic (exact) mass is 283 g/mol. The molecule has 1 N–H and O–H groups in total. The number of aryl methyl sites for hydroxylation is 1. The molecule has 0 unspecified atom stereocenters. The minimum absolute atomic E-state index is 0.208. The summed E-state index contributed by atoms with van der Waals surface area (Å²) in [5.41, 5.74) is 1.38. The zero-order valence-corrected chi connectivity index (χ0v) is 12.2. The first-order chi connectivity index (χ1) is 8.85. The normalized spacial score (nSPS) is 14.7. The van der Waals surface area contributed by atoms with Crippen LogP contribution in [0, 0.1) is 0 Å². The van der Waals surface area contributed by atoms with Crippen LogP contribution in [-0.4, -0.2) is 21.7 Å². The Morgan fingerprint density at radius 3 is 2.63 bits per heavy atom. The number of amides is 1. The number of ether oxygens (including phenoxy) is 1. The smallest absolute Gasteiger partial charge is 0.414 e. The highest BCUT2D eigenvalue weighted by molar-refractivity contribution is 6.30. The van der Waals surface area contributed by atoms with Gasteiger partial charge in [0.25, 0.3) is 0 Å². The van der Waals surface area contributed by atoms with E-state index in [1.807, 2.05) is 0 Å². The van der Waals surface area contributed by atoms with Crippen molar-refractivity contribution in [2.75, 3.05) is 5.32 Å². The molecular formula is C13H18ClN3O2. The molecule has 0 radical (unpaired) electrons. The summed E-state index contributed by atoms with van der Waals surface area (Å²) in [6.45, 7) is 5.40. The lowest BCUT2D eigenvalue weighted by Crippen LogP contribution is -2.28. The van der Waals surface area contributed by atoms with Gasteiger partial charge in [-0.2, -0.15) is 0 Å². The van der Waals surface area contributed by atoms with Gasteiger partial charge in [0.15, 0.2) is 0 Å². The van der Waals surface area contributed by atoms with Crippen molar-refractivity contribution < 1.29 is 9.53 Å². The number of carbonyl (C=O) groups excluding carboxylic acids is 1. The van der Waals surface area contributed by atoms with Gasteiger partial charge in [-0.3, -0.25) is 5.32 Å². The molecule has 1 aliphatic carbocycles. The summed E-state index contributed by atoms with van der Waals surface area (Å²) >= 11 is 6.12. The molecular weight excluding hydrogens is 266 g/mol. The number of fused-ring (bicyclic) bond motifs is 1. The van der Waals surface area contributed by atoms with E-state index in [0.29, 0.717) is 5.15 Å². The minimum atomic E-state index is -0.570. The Morgan fingerprint density at radius 2 is 1.95 bits per heavy atom. The van der Waals surface area contributed by atoms with Crippen molar-refractivity contribution >= 4 is 23.6 Å². The van der Waals surface area contributed by atoms with E-state index in [-0.39, 0.29) is 5.95 Å². The third-order valence-electron chi connectivity index (χ3n) is 2.75. The van der Waals surface area contributed by atoms with Crippen molar-refractivity contribution in [1.29, 1.82) is 0 Å². The highest BCUT2D eigenvalue weighted by Crippen LogP contribution is 2.26. The summed E-state index contributed by atoms with van der Waals surface area (Å²) in [7, 11) is 0. The summed E-state index contributed by atoms with van der Waals surface area (Å²) in [6.07, 6.45) is 3.40. The number of nitrogens with one attached hydrogen (secondary N) is 1. The van der Waals surface area contributed by atoms with E-state index in [2.05, 4.69) is 15.3 Å². The predicted octanol–water partition coefficient (Wildman–Crippen LogP) is 3.36. The maximum atomic E-state index is 11.7. The van der Waals surface area contributed by atoms with Crippen LogP contribution < -0.4 is 5.32 Å². The largest absolute Gasteiger partial charge is 0.444 e. The van der Waals surface area contributed by atoms with Crippen LogP contribution in [0.4, 0.5) is 10.7 Å². The van der Waals surface area contributed by atoms with Crippen molar-refractivity contribution in [3.05, 3.63) is 16.4 Å². The van der Waals surface area contributed by atoms with Crippen molar-refractivity contribution in [3.63, 3.8) is 0 Å². The molecule has 0 aromatic carbocycles. The van der Waals surface area contributed by atoms with E-state index in [4.69, 9.17) is 16.3 Å². The second-order valence-corrected chi connectivity index (χ2v) is 5.96. The first-order valence-electron chi connectivity index (χ1n) is 6.40.